The molecule has 0 fully saturated rings. The van der Waals surface area contributed by atoms with E-state index in [1.807, 2.05) is 0 Å². The highest BCUT2D eigenvalue weighted by Gasteiger charge is 2.25. The number of nitrogens with one attached hydrogen (secondary N) is 2. The number of aliphatic hydroxyl groups excluding tert-OH is 1. The van der Waals surface area contributed by atoms with E-state index in [1.54, 1.807) is 45.0 Å². The Morgan fingerprint density at radius 1 is 1.16 bits per heavy atom. The summed E-state index contributed by atoms with van der Waals surface area (Å²) in [6.07, 6.45) is -0.886. The van der Waals surface area contributed by atoms with Crippen LogP contribution in [0.1, 0.15) is 40.2 Å². The molecule has 4 N–H and O–H groups in total. The molecule has 1 aromatic carbocycles. The summed E-state index contributed by atoms with van der Waals surface area (Å²) in [7, 11) is 0. The second kappa shape index (κ2) is 9.63. The van der Waals surface area contributed by atoms with Gasteiger partial charge in [-0.3, -0.25) is 0 Å². The van der Waals surface area contributed by atoms with Gasteiger partial charge in [0, 0.05) is 6.54 Å². The van der Waals surface area contributed by atoms with Gasteiger partial charge in [-0.05, 0) is 57.4 Å². The molecule has 0 aliphatic rings. The number of phenols is 1. The van der Waals surface area contributed by atoms with E-state index in [0.717, 1.165) is 12.1 Å². The molecular weight excluding hydrogens is 320 g/mol. The fourth-order valence-electron chi connectivity index (χ4n) is 2.29. The number of carbonyl (C=O) groups excluding carboxylic acids is 1. The van der Waals surface area contributed by atoms with Gasteiger partial charge in [-0.25, -0.2) is 4.79 Å². The van der Waals surface area contributed by atoms with Crippen molar-refractivity contribution in [1.82, 2.24) is 10.6 Å². The van der Waals surface area contributed by atoms with Gasteiger partial charge in [0.25, 0.3) is 0 Å². The number of aromatic hydroxyl groups is 1. The van der Waals surface area contributed by atoms with Crippen molar-refractivity contribution in [3.8, 4) is 5.75 Å². The van der Waals surface area contributed by atoms with Crippen molar-refractivity contribution in [3.63, 3.8) is 0 Å². The minimum absolute atomic E-state index is 0.180. The van der Waals surface area contributed by atoms with Crippen LogP contribution in [0.2, 0.25) is 0 Å². The van der Waals surface area contributed by atoms with Crippen molar-refractivity contribution in [2.45, 2.75) is 58.8 Å². The van der Waals surface area contributed by atoms with Gasteiger partial charge in [0.1, 0.15) is 11.4 Å². The lowest BCUT2D eigenvalue weighted by Crippen LogP contribution is -2.50. The predicted molar refractivity (Wildman–Crippen MR) is 98.7 cm³/mol. The Bertz CT molecular complexity index is 523. The molecule has 1 amide bonds. The first-order valence-corrected chi connectivity index (χ1v) is 8.73. The van der Waals surface area contributed by atoms with Crippen LogP contribution in [-0.2, 0) is 11.2 Å². The summed E-state index contributed by atoms with van der Waals surface area (Å²) < 4.78 is 5.30. The molecular formula is C19H32N2O4. The molecule has 0 heterocycles. The molecule has 0 unspecified atom stereocenters. The minimum atomic E-state index is -0.764. The van der Waals surface area contributed by atoms with Gasteiger partial charge in [-0.15, -0.1) is 0 Å². The van der Waals surface area contributed by atoms with Crippen LogP contribution in [0.4, 0.5) is 4.79 Å². The van der Waals surface area contributed by atoms with E-state index >= 15 is 0 Å². The minimum Gasteiger partial charge on any atom is -0.508 e. The second-order valence-electron chi connectivity index (χ2n) is 7.74. The Kier molecular flexibility index (Phi) is 8.19. The van der Waals surface area contributed by atoms with Crippen molar-refractivity contribution in [2.24, 2.45) is 5.92 Å². The zero-order valence-electron chi connectivity index (χ0n) is 15.9. The number of aliphatic hydroxyl groups is 1. The molecule has 0 aromatic heterocycles. The Morgan fingerprint density at radius 2 is 1.76 bits per heavy atom. The number of ether oxygens (including phenoxy) is 1. The van der Waals surface area contributed by atoms with Crippen LogP contribution in [0, 0.1) is 5.92 Å². The van der Waals surface area contributed by atoms with Crippen molar-refractivity contribution in [1.29, 1.82) is 0 Å². The lowest BCUT2D eigenvalue weighted by atomic mass is 10.0. The quantitative estimate of drug-likeness (QED) is 0.577. The number of alkyl carbamates (subject to hydrolysis) is 1. The number of rotatable bonds is 8. The molecule has 0 saturated carbocycles. The SMILES string of the molecule is CC(C)CNC[C@@H](O)[C@H](Cc1ccc(O)cc1)NC(=O)OC(C)(C)C. The van der Waals surface area contributed by atoms with E-state index in [4.69, 9.17) is 4.74 Å². The fraction of sp³-hybridized carbons (Fsp3) is 0.632. The number of hydrogen-bond acceptors (Lipinski definition) is 5. The van der Waals surface area contributed by atoms with Crippen LogP contribution in [0.3, 0.4) is 0 Å². The van der Waals surface area contributed by atoms with E-state index in [9.17, 15) is 15.0 Å². The van der Waals surface area contributed by atoms with E-state index in [1.165, 1.54) is 0 Å². The average molecular weight is 352 g/mol. The van der Waals surface area contributed by atoms with Gasteiger partial charge in [-0.2, -0.15) is 0 Å². The highest BCUT2D eigenvalue weighted by atomic mass is 16.6. The van der Waals surface area contributed by atoms with E-state index in [-0.39, 0.29) is 5.75 Å². The molecule has 0 aliphatic carbocycles. The highest BCUT2D eigenvalue weighted by molar-refractivity contribution is 5.68. The molecule has 142 valence electrons. The lowest BCUT2D eigenvalue weighted by Gasteiger charge is -2.27. The Balaban J connectivity index is 2.74. The molecule has 0 spiro atoms. The van der Waals surface area contributed by atoms with Crippen LogP contribution in [0.25, 0.3) is 0 Å². The van der Waals surface area contributed by atoms with Gasteiger partial charge in [-0.1, -0.05) is 26.0 Å². The summed E-state index contributed by atoms with van der Waals surface area (Å²) in [5, 5.41) is 25.9. The van der Waals surface area contributed by atoms with Crippen molar-refractivity contribution in [2.75, 3.05) is 13.1 Å². The monoisotopic (exact) mass is 352 g/mol. The third kappa shape index (κ3) is 9.31. The van der Waals surface area contributed by atoms with Crippen LogP contribution < -0.4 is 10.6 Å². The first-order valence-electron chi connectivity index (χ1n) is 8.73. The Hall–Kier alpha value is -1.79. The number of amides is 1. The third-order valence-corrected chi connectivity index (χ3v) is 3.46. The molecule has 0 bridgehead atoms. The van der Waals surface area contributed by atoms with Gasteiger partial charge < -0.3 is 25.6 Å². The van der Waals surface area contributed by atoms with Gasteiger partial charge >= 0.3 is 6.09 Å². The summed E-state index contributed by atoms with van der Waals surface area (Å²) in [6.45, 7) is 10.7. The van der Waals surface area contributed by atoms with E-state index in [2.05, 4.69) is 24.5 Å². The molecule has 1 rings (SSSR count). The van der Waals surface area contributed by atoms with E-state index < -0.39 is 23.8 Å². The normalized spacial score (nSPS) is 14.2. The first kappa shape index (κ1) is 21.3. The topological polar surface area (TPSA) is 90.8 Å². The molecule has 25 heavy (non-hydrogen) atoms. The number of benzene rings is 1. The third-order valence-electron chi connectivity index (χ3n) is 3.46. The molecule has 6 heteroatoms. The zero-order chi connectivity index (χ0) is 19.0. The molecule has 0 saturated heterocycles. The van der Waals surface area contributed by atoms with Gasteiger partial charge in [0.15, 0.2) is 0 Å². The maximum atomic E-state index is 12.1. The van der Waals surface area contributed by atoms with E-state index in [0.29, 0.717) is 18.9 Å². The standard InChI is InChI=1S/C19H32N2O4/c1-13(2)11-20-12-17(23)16(21-18(24)25-19(3,4)5)10-14-6-8-15(22)9-7-14/h6-9,13,16-17,20,22-23H,10-12H2,1-5H3,(H,21,24)/t16-,17+/m0/s1. The second-order valence-corrected chi connectivity index (χ2v) is 7.74. The number of carbonyl (C=O) groups is 1. The van der Waals surface area contributed by atoms with Crippen molar-refractivity contribution in [3.05, 3.63) is 29.8 Å². The molecule has 0 radical (unpaired) electrons. The predicted octanol–water partition coefficient (Wildman–Crippen LogP) is 2.43. The Morgan fingerprint density at radius 3 is 2.28 bits per heavy atom. The van der Waals surface area contributed by atoms with Gasteiger partial charge in [0.05, 0.1) is 12.1 Å². The fourth-order valence-corrected chi connectivity index (χ4v) is 2.29. The molecule has 2 atom stereocenters. The summed E-state index contributed by atoms with van der Waals surface area (Å²) in [4.78, 5) is 12.1. The maximum absolute atomic E-state index is 12.1. The summed E-state index contributed by atoms with van der Waals surface area (Å²) >= 11 is 0. The molecule has 0 aliphatic heterocycles. The highest BCUT2D eigenvalue weighted by Crippen LogP contribution is 2.13. The first-order chi connectivity index (χ1) is 11.6. The smallest absolute Gasteiger partial charge is 0.407 e. The Labute approximate surface area is 150 Å². The summed E-state index contributed by atoms with van der Waals surface area (Å²) in [5.41, 5.74) is 0.301. The number of hydrogen-bond donors (Lipinski definition) is 4. The van der Waals surface area contributed by atoms with Crippen LogP contribution >= 0.6 is 0 Å². The summed E-state index contributed by atoms with van der Waals surface area (Å²) in [5.74, 6) is 0.654. The summed E-state index contributed by atoms with van der Waals surface area (Å²) in [6, 6.07) is 6.21. The molecule has 1 aromatic rings. The number of phenolic OH excluding ortho intramolecular Hbond substituents is 1. The van der Waals surface area contributed by atoms with Crippen LogP contribution in [0.5, 0.6) is 5.75 Å². The largest absolute Gasteiger partial charge is 0.508 e. The maximum Gasteiger partial charge on any atom is 0.407 e. The van der Waals surface area contributed by atoms with Crippen molar-refractivity contribution >= 4 is 6.09 Å². The van der Waals surface area contributed by atoms with Crippen LogP contribution in [-0.4, -0.2) is 47.1 Å². The molecule has 6 nitrogen and oxygen atoms in total. The zero-order valence-corrected chi connectivity index (χ0v) is 15.9. The van der Waals surface area contributed by atoms with Crippen LogP contribution in [0.15, 0.2) is 24.3 Å². The van der Waals surface area contributed by atoms with Gasteiger partial charge in [0.2, 0.25) is 0 Å². The lowest BCUT2D eigenvalue weighted by molar-refractivity contribution is 0.0422. The van der Waals surface area contributed by atoms with Crippen molar-refractivity contribution < 1.29 is 19.7 Å². The average Bonchev–Trinajstić information content (AvgIpc) is 2.46.